The van der Waals surface area contributed by atoms with Crippen LogP contribution in [0.3, 0.4) is 0 Å². The second kappa shape index (κ2) is 11.3. The van der Waals surface area contributed by atoms with E-state index in [0.717, 1.165) is 6.07 Å². The molecule has 2 aliphatic heterocycles. The molecule has 1 atom stereocenters. The standard InChI is InChI=1S/C25H29ClF3N7O3/c1-35(2)23(37)21(31)20(26)18-11-36(8-4-7-32-18)22-15-12-39-19(10-17(15)33-24(34-22)38-3)14-9-13(30)5-6-16(14)25(27,28)29/h5-6,9,19H,4,7-8,10-12,30-31H2,1-3H3/b21-20+. The van der Waals surface area contributed by atoms with Crippen molar-refractivity contribution in [3.05, 3.63) is 51.3 Å². The lowest BCUT2D eigenvalue weighted by atomic mass is 9.94. The first-order valence-electron chi connectivity index (χ1n) is 12.1. The molecular formula is C25H29ClF3N7O3. The SMILES string of the molecule is COc1nc2c(c(N3CCCN=C(/C(Cl)=C(\N)C(=O)N(C)C)C3)n1)COC(c1cc(N)ccc1C(F)(F)F)C2. The lowest BCUT2D eigenvalue weighted by molar-refractivity contribution is -0.139. The zero-order valence-corrected chi connectivity index (χ0v) is 22.4. The maximum Gasteiger partial charge on any atom is 0.416 e. The fourth-order valence-electron chi connectivity index (χ4n) is 4.48. The van der Waals surface area contributed by atoms with Crippen LogP contribution in [-0.4, -0.2) is 67.3 Å². The lowest BCUT2D eigenvalue weighted by Crippen LogP contribution is -2.35. The number of carbonyl (C=O) groups is 1. The number of carbonyl (C=O) groups excluding carboxylic acids is 1. The van der Waals surface area contributed by atoms with Gasteiger partial charge in [-0.15, -0.1) is 0 Å². The van der Waals surface area contributed by atoms with E-state index in [1.807, 2.05) is 4.90 Å². The zero-order valence-electron chi connectivity index (χ0n) is 21.7. The van der Waals surface area contributed by atoms with E-state index in [-0.39, 0.29) is 47.6 Å². The molecule has 0 fully saturated rings. The van der Waals surface area contributed by atoms with E-state index in [0.29, 0.717) is 42.3 Å². The van der Waals surface area contributed by atoms with Gasteiger partial charge in [-0.3, -0.25) is 9.79 Å². The van der Waals surface area contributed by atoms with Crippen LogP contribution in [0.25, 0.3) is 0 Å². The second-order valence-electron chi connectivity index (χ2n) is 9.34. The van der Waals surface area contributed by atoms with Crippen LogP contribution in [0.2, 0.25) is 0 Å². The number of aromatic nitrogens is 2. The van der Waals surface area contributed by atoms with E-state index in [9.17, 15) is 18.0 Å². The summed E-state index contributed by atoms with van der Waals surface area (Å²) in [5.41, 5.74) is 12.5. The van der Waals surface area contributed by atoms with Crippen molar-refractivity contribution < 1.29 is 27.4 Å². The third kappa shape index (κ3) is 6.04. The van der Waals surface area contributed by atoms with Crippen LogP contribution in [0.4, 0.5) is 24.7 Å². The van der Waals surface area contributed by atoms with Gasteiger partial charge < -0.3 is 30.7 Å². The van der Waals surface area contributed by atoms with Crippen molar-refractivity contribution in [1.82, 2.24) is 14.9 Å². The molecule has 2 aromatic rings. The van der Waals surface area contributed by atoms with Crippen LogP contribution in [0.5, 0.6) is 6.01 Å². The van der Waals surface area contributed by atoms with Gasteiger partial charge in [0.2, 0.25) is 0 Å². The number of likely N-dealkylation sites (N-methyl/N-ethyl adjacent to an activating group) is 1. The summed E-state index contributed by atoms with van der Waals surface area (Å²) in [5, 5.41) is 0.0492. The number of benzene rings is 1. The van der Waals surface area contributed by atoms with E-state index >= 15 is 0 Å². The number of alkyl halides is 3. The van der Waals surface area contributed by atoms with Crippen molar-refractivity contribution in [3.63, 3.8) is 0 Å². The lowest BCUT2D eigenvalue weighted by Gasteiger charge is -2.31. The Morgan fingerprint density at radius 3 is 2.69 bits per heavy atom. The number of anilines is 2. The molecule has 1 aromatic heterocycles. The first-order chi connectivity index (χ1) is 18.4. The topological polar surface area (TPSA) is 132 Å². The summed E-state index contributed by atoms with van der Waals surface area (Å²) in [4.78, 5) is 29.1. The van der Waals surface area contributed by atoms with Crippen LogP contribution in [-0.2, 0) is 28.7 Å². The first-order valence-corrected chi connectivity index (χ1v) is 12.5. The van der Waals surface area contributed by atoms with Gasteiger partial charge >= 0.3 is 12.2 Å². The van der Waals surface area contributed by atoms with E-state index in [4.69, 9.17) is 32.5 Å². The van der Waals surface area contributed by atoms with E-state index in [1.165, 1.54) is 24.1 Å². The maximum atomic E-state index is 13.7. The molecule has 4 N–H and O–H groups in total. The number of ether oxygens (including phenoxy) is 2. The molecule has 0 saturated carbocycles. The van der Waals surface area contributed by atoms with Crippen molar-refractivity contribution in [2.75, 3.05) is 51.5 Å². The van der Waals surface area contributed by atoms with Crippen LogP contribution < -0.4 is 21.1 Å². The highest BCUT2D eigenvalue weighted by Crippen LogP contribution is 2.41. The number of fused-ring (bicyclic) bond motifs is 1. The van der Waals surface area contributed by atoms with Gasteiger partial charge in [0.05, 0.1) is 48.4 Å². The number of nitrogens with zero attached hydrogens (tertiary/aromatic N) is 5. The summed E-state index contributed by atoms with van der Waals surface area (Å²) >= 11 is 6.49. The highest BCUT2D eigenvalue weighted by molar-refractivity contribution is 6.45. The average Bonchev–Trinajstić information content (AvgIpc) is 3.16. The predicted octanol–water partition coefficient (Wildman–Crippen LogP) is 3.05. The van der Waals surface area contributed by atoms with Gasteiger partial charge in [-0.05, 0) is 30.2 Å². The second-order valence-corrected chi connectivity index (χ2v) is 9.72. The first kappa shape index (κ1) is 28.4. The Morgan fingerprint density at radius 2 is 2.03 bits per heavy atom. The van der Waals surface area contributed by atoms with Crippen molar-refractivity contribution in [2.24, 2.45) is 10.7 Å². The third-order valence-electron chi connectivity index (χ3n) is 6.42. The minimum absolute atomic E-state index is 0.0424. The molecule has 0 saturated heterocycles. The Kier molecular flexibility index (Phi) is 8.21. The van der Waals surface area contributed by atoms with E-state index in [1.54, 1.807) is 14.1 Å². The minimum Gasteiger partial charge on any atom is -0.467 e. The van der Waals surface area contributed by atoms with E-state index < -0.39 is 23.8 Å². The largest absolute Gasteiger partial charge is 0.467 e. The van der Waals surface area contributed by atoms with Gasteiger partial charge in [0.15, 0.2) is 0 Å². The zero-order chi connectivity index (χ0) is 28.5. The number of nitrogen functional groups attached to an aromatic ring is 1. The molecule has 4 rings (SSSR count). The molecule has 1 amide bonds. The number of hydrogen-bond donors (Lipinski definition) is 2. The Hall–Kier alpha value is -3.58. The van der Waals surface area contributed by atoms with Crippen LogP contribution in [0.1, 0.15) is 34.9 Å². The number of hydrogen-bond acceptors (Lipinski definition) is 9. The summed E-state index contributed by atoms with van der Waals surface area (Å²) in [6, 6.07) is 3.50. The molecule has 3 heterocycles. The molecule has 39 heavy (non-hydrogen) atoms. The van der Waals surface area contributed by atoms with Gasteiger partial charge in [0.25, 0.3) is 5.91 Å². The van der Waals surface area contributed by atoms with Crippen molar-refractivity contribution in [2.45, 2.75) is 31.7 Å². The Labute approximate surface area is 228 Å². The van der Waals surface area contributed by atoms with Crippen LogP contribution >= 0.6 is 11.6 Å². The molecule has 210 valence electrons. The van der Waals surface area contributed by atoms with Gasteiger partial charge in [-0.25, -0.2) is 0 Å². The number of aliphatic imine (C=N–C) groups is 1. The molecule has 14 heteroatoms. The monoisotopic (exact) mass is 567 g/mol. The Bertz CT molecular complexity index is 1330. The van der Waals surface area contributed by atoms with Gasteiger partial charge in [0.1, 0.15) is 11.5 Å². The molecule has 0 spiro atoms. The van der Waals surface area contributed by atoms with Crippen molar-refractivity contribution in [1.29, 1.82) is 0 Å². The Balaban J connectivity index is 1.70. The summed E-state index contributed by atoms with van der Waals surface area (Å²) in [6.07, 6.45) is -4.81. The number of nitrogens with two attached hydrogens (primary N) is 2. The Morgan fingerprint density at radius 1 is 1.28 bits per heavy atom. The van der Waals surface area contributed by atoms with Crippen LogP contribution in [0.15, 0.2) is 33.9 Å². The summed E-state index contributed by atoms with van der Waals surface area (Å²) in [7, 11) is 4.54. The summed E-state index contributed by atoms with van der Waals surface area (Å²) in [6.45, 7) is 1.12. The number of methoxy groups -OCH3 is 1. The highest BCUT2D eigenvalue weighted by Gasteiger charge is 2.38. The van der Waals surface area contributed by atoms with Gasteiger partial charge in [0, 0.05) is 44.9 Å². The van der Waals surface area contributed by atoms with Crippen molar-refractivity contribution >= 4 is 34.7 Å². The molecule has 10 nitrogen and oxygen atoms in total. The summed E-state index contributed by atoms with van der Waals surface area (Å²) < 4.78 is 52.5. The van der Waals surface area contributed by atoms with Crippen LogP contribution in [0, 0.1) is 0 Å². The number of rotatable bonds is 5. The number of amides is 1. The molecule has 0 bridgehead atoms. The smallest absolute Gasteiger partial charge is 0.416 e. The third-order valence-corrected chi connectivity index (χ3v) is 6.85. The molecule has 2 aliphatic rings. The predicted molar refractivity (Wildman–Crippen MR) is 141 cm³/mol. The fraction of sp³-hybridized carbons (Fsp3) is 0.440. The molecule has 1 aromatic carbocycles. The highest BCUT2D eigenvalue weighted by atomic mass is 35.5. The fourth-order valence-corrected chi connectivity index (χ4v) is 4.68. The molecular weight excluding hydrogens is 539 g/mol. The average molecular weight is 568 g/mol. The number of halogens is 4. The van der Waals surface area contributed by atoms with Gasteiger partial charge in [-0.1, -0.05) is 11.6 Å². The quantitative estimate of drug-likeness (QED) is 0.416. The molecule has 0 aliphatic carbocycles. The maximum absolute atomic E-state index is 13.7. The van der Waals surface area contributed by atoms with Gasteiger partial charge in [-0.2, -0.15) is 23.1 Å². The van der Waals surface area contributed by atoms with E-state index in [2.05, 4.69) is 15.0 Å². The molecule has 0 radical (unpaired) electrons. The minimum atomic E-state index is -4.58. The van der Waals surface area contributed by atoms with Crippen molar-refractivity contribution in [3.8, 4) is 6.01 Å². The summed E-state index contributed by atoms with van der Waals surface area (Å²) in [5.74, 6) is 0.0364. The molecule has 1 unspecified atom stereocenters. The normalized spacial score (nSPS) is 18.5.